The Labute approximate surface area is 94.1 Å². The van der Waals surface area contributed by atoms with Crippen LogP contribution in [-0.4, -0.2) is 11.5 Å². The Kier molecular flexibility index (Phi) is 3.03. The highest BCUT2D eigenvalue weighted by molar-refractivity contribution is 7.18. The van der Waals surface area contributed by atoms with E-state index in [4.69, 9.17) is 5.73 Å². The Balaban J connectivity index is 2.43. The Bertz CT molecular complexity index is 460. The largest absolute Gasteiger partial charge is 0.330 e. The predicted octanol–water partition coefficient (Wildman–Crippen LogP) is 2.92. The summed E-state index contributed by atoms with van der Waals surface area (Å²) in [6, 6.07) is 6.53. The van der Waals surface area contributed by atoms with Crippen molar-refractivity contribution < 1.29 is 0 Å². The van der Waals surface area contributed by atoms with E-state index >= 15 is 0 Å². The molecule has 0 aliphatic rings. The summed E-state index contributed by atoms with van der Waals surface area (Å²) < 4.78 is 1.28. The highest BCUT2D eigenvalue weighted by Crippen LogP contribution is 2.26. The second kappa shape index (κ2) is 4.29. The van der Waals surface area contributed by atoms with E-state index in [0.29, 0.717) is 12.5 Å². The summed E-state index contributed by atoms with van der Waals surface area (Å²) in [5.74, 6) is 0.578. The third-order valence-corrected chi connectivity index (χ3v) is 3.56. The molecule has 0 saturated heterocycles. The zero-order chi connectivity index (χ0) is 10.8. The lowest BCUT2D eigenvalue weighted by Crippen LogP contribution is -2.01. The van der Waals surface area contributed by atoms with Gasteiger partial charge in [-0.05, 0) is 30.2 Å². The van der Waals surface area contributed by atoms with Crippen molar-refractivity contribution in [2.45, 2.75) is 26.2 Å². The van der Waals surface area contributed by atoms with Gasteiger partial charge in [0.25, 0.3) is 0 Å². The van der Waals surface area contributed by atoms with Crippen molar-refractivity contribution in [2.24, 2.45) is 5.73 Å². The molecule has 0 bridgehead atoms. The normalized spacial score (nSPS) is 11.5. The molecule has 0 amide bonds. The molecule has 0 unspecified atom stereocenters. The molecule has 1 aromatic heterocycles. The summed E-state index contributed by atoms with van der Waals surface area (Å²) in [6.07, 6.45) is 0.885. The average molecular weight is 220 g/mol. The molecule has 0 spiro atoms. The monoisotopic (exact) mass is 220 g/mol. The summed E-state index contributed by atoms with van der Waals surface area (Å²) in [5.41, 5.74) is 8.01. The molecule has 0 aliphatic carbocycles. The van der Waals surface area contributed by atoms with E-state index in [9.17, 15) is 0 Å². The Morgan fingerprint density at radius 2 is 2.20 bits per heavy atom. The molecule has 2 N–H and O–H groups in total. The Hall–Kier alpha value is -0.930. The van der Waals surface area contributed by atoms with Gasteiger partial charge in [0.1, 0.15) is 0 Å². The zero-order valence-corrected chi connectivity index (χ0v) is 9.97. The number of nitrogens with two attached hydrogens (primary N) is 1. The van der Waals surface area contributed by atoms with Gasteiger partial charge in [-0.25, -0.2) is 4.98 Å². The quantitative estimate of drug-likeness (QED) is 0.863. The molecule has 0 saturated carbocycles. The van der Waals surface area contributed by atoms with E-state index in [1.165, 1.54) is 10.3 Å². The highest BCUT2D eigenvalue weighted by Gasteiger charge is 2.05. The summed E-state index contributed by atoms with van der Waals surface area (Å²) in [6.45, 7) is 5.10. The first-order chi connectivity index (χ1) is 7.20. The Morgan fingerprint density at radius 1 is 1.40 bits per heavy atom. The summed E-state index contributed by atoms with van der Waals surface area (Å²) >= 11 is 1.76. The summed E-state index contributed by atoms with van der Waals surface area (Å²) in [5, 5.41) is 1.15. The van der Waals surface area contributed by atoms with Gasteiger partial charge in [-0.15, -0.1) is 11.3 Å². The van der Waals surface area contributed by atoms with Crippen LogP contribution in [0.5, 0.6) is 0 Å². The van der Waals surface area contributed by atoms with E-state index in [0.717, 1.165) is 16.9 Å². The fourth-order valence-corrected chi connectivity index (χ4v) is 2.61. The third-order valence-electron chi connectivity index (χ3n) is 2.48. The van der Waals surface area contributed by atoms with E-state index in [2.05, 4.69) is 37.0 Å². The summed E-state index contributed by atoms with van der Waals surface area (Å²) in [4.78, 5) is 4.54. The lowest BCUT2D eigenvalue weighted by molar-refractivity contribution is 0.869. The number of thiazole rings is 1. The van der Waals surface area contributed by atoms with Crippen LogP contribution in [0, 0.1) is 0 Å². The van der Waals surface area contributed by atoms with Crippen LogP contribution in [0.2, 0.25) is 0 Å². The van der Waals surface area contributed by atoms with Crippen LogP contribution in [0.25, 0.3) is 10.2 Å². The number of hydrogen-bond acceptors (Lipinski definition) is 3. The van der Waals surface area contributed by atoms with Gasteiger partial charge in [0.2, 0.25) is 0 Å². The summed E-state index contributed by atoms with van der Waals surface area (Å²) in [7, 11) is 0. The number of rotatable bonds is 3. The SMILES string of the molecule is CC(C)c1ccc2nc(CCN)sc2c1. The molecule has 0 atom stereocenters. The van der Waals surface area contributed by atoms with Crippen molar-refractivity contribution in [3.63, 3.8) is 0 Å². The molecule has 0 radical (unpaired) electrons. The molecule has 1 aromatic carbocycles. The zero-order valence-electron chi connectivity index (χ0n) is 9.16. The van der Waals surface area contributed by atoms with Gasteiger partial charge in [0.15, 0.2) is 0 Å². The van der Waals surface area contributed by atoms with Crippen LogP contribution >= 0.6 is 11.3 Å². The van der Waals surface area contributed by atoms with Crippen molar-refractivity contribution in [1.82, 2.24) is 4.98 Å². The fraction of sp³-hybridized carbons (Fsp3) is 0.417. The van der Waals surface area contributed by atoms with Crippen LogP contribution in [0.4, 0.5) is 0 Å². The van der Waals surface area contributed by atoms with Gasteiger partial charge < -0.3 is 5.73 Å². The number of nitrogens with zero attached hydrogens (tertiary/aromatic N) is 1. The van der Waals surface area contributed by atoms with Crippen LogP contribution in [0.3, 0.4) is 0 Å². The molecule has 2 aromatic rings. The van der Waals surface area contributed by atoms with Gasteiger partial charge in [-0.2, -0.15) is 0 Å². The van der Waals surface area contributed by atoms with E-state index in [1.807, 2.05) is 0 Å². The van der Waals surface area contributed by atoms with Gasteiger partial charge in [-0.1, -0.05) is 19.9 Å². The van der Waals surface area contributed by atoms with Gasteiger partial charge in [0.05, 0.1) is 15.2 Å². The lowest BCUT2D eigenvalue weighted by Gasteiger charge is -2.03. The molecular formula is C12H16N2S. The maximum atomic E-state index is 5.53. The molecule has 2 rings (SSSR count). The molecule has 2 nitrogen and oxygen atoms in total. The van der Waals surface area contributed by atoms with Crippen LogP contribution in [0.15, 0.2) is 18.2 Å². The number of benzene rings is 1. The van der Waals surface area contributed by atoms with Crippen molar-refractivity contribution in [3.8, 4) is 0 Å². The minimum Gasteiger partial charge on any atom is -0.330 e. The molecule has 80 valence electrons. The van der Waals surface area contributed by atoms with Crippen molar-refractivity contribution in [3.05, 3.63) is 28.8 Å². The second-order valence-electron chi connectivity index (χ2n) is 4.03. The van der Waals surface area contributed by atoms with Crippen LogP contribution in [-0.2, 0) is 6.42 Å². The maximum absolute atomic E-state index is 5.53. The van der Waals surface area contributed by atoms with Crippen molar-refractivity contribution in [1.29, 1.82) is 0 Å². The molecule has 15 heavy (non-hydrogen) atoms. The van der Waals surface area contributed by atoms with Gasteiger partial charge >= 0.3 is 0 Å². The predicted molar refractivity (Wildman–Crippen MR) is 66.5 cm³/mol. The van der Waals surface area contributed by atoms with Crippen molar-refractivity contribution in [2.75, 3.05) is 6.54 Å². The highest BCUT2D eigenvalue weighted by atomic mass is 32.1. The molecule has 0 fully saturated rings. The fourth-order valence-electron chi connectivity index (χ4n) is 1.58. The minimum atomic E-state index is 0.578. The molecule has 0 aliphatic heterocycles. The number of hydrogen-bond donors (Lipinski definition) is 1. The van der Waals surface area contributed by atoms with E-state index in [-0.39, 0.29) is 0 Å². The first kappa shape index (κ1) is 10.6. The lowest BCUT2D eigenvalue weighted by atomic mass is 10.0. The van der Waals surface area contributed by atoms with E-state index < -0.39 is 0 Å². The first-order valence-electron chi connectivity index (χ1n) is 5.30. The van der Waals surface area contributed by atoms with E-state index in [1.54, 1.807) is 11.3 Å². The van der Waals surface area contributed by atoms with Crippen LogP contribution < -0.4 is 5.73 Å². The Morgan fingerprint density at radius 3 is 2.87 bits per heavy atom. The standard InChI is InChI=1S/C12H16N2S/c1-8(2)9-3-4-10-11(7-9)15-12(14-10)5-6-13/h3-4,7-8H,5-6,13H2,1-2H3. The average Bonchev–Trinajstić information content (AvgIpc) is 2.59. The van der Waals surface area contributed by atoms with Crippen LogP contribution in [0.1, 0.15) is 30.3 Å². The third kappa shape index (κ3) is 2.19. The minimum absolute atomic E-state index is 0.578. The smallest absolute Gasteiger partial charge is 0.0951 e. The van der Waals surface area contributed by atoms with Crippen molar-refractivity contribution >= 4 is 21.6 Å². The second-order valence-corrected chi connectivity index (χ2v) is 5.14. The molecule has 1 heterocycles. The number of aromatic nitrogens is 1. The maximum Gasteiger partial charge on any atom is 0.0951 e. The molecular weight excluding hydrogens is 204 g/mol. The molecule has 3 heteroatoms. The van der Waals surface area contributed by atoms with Gasteiger partial charge in [-0.3, -0.25) is 0 Å². The first-order valence-corrected chi connectivity index (χ1v) is 6.12. The number of fused-ring (bicyclic) bond motifs is 1. The van der Waals surface area contributed by atoms with Gasteiger partial charge in [0, 0.05) is 6.42 Å². The topological polar surface area (TPSA) is 38.9 Å².